The Morgan fingerprint density at radius 3 is 2.48 bits per heavy atom. The molecule has 31 heavy (non-hydrogen) atoms. The zero-order valence-corrected chi connectivity index (χ0v) is 18.6. The topological polar surface area (TPSA) is 36.4 Å². The van der Waals surface area contributed by atoms with Crippen LogP contribution in [0.4, 0.5) is 10.2 Å². The summed E-state index contributed by atoms with van der Waals surface area (Å²) in [5, 5.41) is 1.08. The van der Waals surface area contributed by atoms with Crippen molar-refractivity contribution in [2.75, 3.05) is 25.5 Å². The highest BCUT2D eigenvalue weighted by atomic mass is 19.1. The standard InChI is InChI=1S/C26H30FN3O/c1-18-7-10-21-16-22(25(29(2)3)28-24(21)15-18)17-30(26(31)20-5-4-6-20)14-13-19-8-11-23(27)12-9-19/h7-12,15-16,20H,4-6,13-14,17H2,1-3H3. The van der Waals surface area contributed by atoms with Crippen LogP contribution in [0.1, 0.15) is 36.0 Å². The smallest absolute Gasteiger partial charge is 0.225 e. The van der Waals surface area contributed by atoms with Crippen molar-refractivity contribution >= 4 is 22.6 Å². The van der Waals surface area contributed by atoms with Crippen molar-refractivity contribution in [1.82, 2.24) is 9.88 Å². The van der Waals surface area contributed by atoms with Crippen molar-refractivity contribution < 1.29 is 9.18 Å². The molecule has 1 aliphatic carbocycles. The summed E-state index contributed by atoms with van der Waals surface area (Å²) in [7, 11) is 3.98. The van der Waals surface area contributed by atoms with Gasteiger partial charge < -0.3 is 9.80 Å². The van der Waals surface area contributed by atoms with Gasteiger partial charge in [0, 0.05) is 44.1 Å². The number of aromatic nitrogens is 1. The average Bonchev–Trinajstić information content (AvgIpc) is 2.70. The van der Waals surface area contributed by atoms with Gasteiger partial charge in [0.25, 0.3) is 0 Å². The van der Waals surface area contributed by atoms with Gasteiger partial charge in [-0.05, 0) is 61.6 Å². The van der Waals surface area contributed by atoms with E-state index in [4.69, 9.17) is 4.98 Å². The molecule has 0 aliphatic heterocycles. The van der Waals surface area contributed by atoms with E-state index in [0.717, 1.165) is 47.1 Å². The van der Waals surface area contributed by atoms with Gasteiger partial charge in [0.15, 0.2) is 0 Å². The summed E-state index contributed by atoms with van der Waals surface area (Å²) < 4.78 is 13.3. The Morgan fingerprint density at radius 2 is 1.84 bits per heavy atom. The maximum Gasteiger partial charge on any atom is 0.225 e. The van der Waals surface area contributed by atoms with Crippen molar-refractivity contribution in [3.63, 3.8) is 0 Å². The molecule has 0 atom stereocenters. The first-order valence-electron chi connectivity index (χ1n) is 11.0. The number of hydrogen-bond acceptors (Lipinski definition) is 3. The van der Waals surface area contributed by atoms with Crippen molar-refractivity contribution in [3.05, 3.63) is 71.0 Å². The number of fused-ring (bicyclic) bond motifs is 1. The number of anilines is 1. The molecule has 4 nitrogen and oxygen atoms in total. The number of benzene rings is 2. The lowest BCUT2D eigenvalue weighted by molar-refractivity contribution is -0.138. The maximum absolute atomic E-state index is 13.3. The molecule has 1 heterocycles. The van der Waals surface area contributed by atoms with E-state index in [0.29, 0.717) is 19.5 Å². The third kappa shape index (κ3) is 4.87. The molecule has 0 unspecified atom stereocenters. The number of nitrogens with zero attached hydrogens (tertiary/aromatic N) is 3. The lowest BCUT2D eigenvalue weighted by atomic mass is 9.84. The number of amides is 1. The summed E-state index contributed by atoms with van der Waals surface area (Å²) in [6.07, 6.45) is 3.78. The zero-order valence-electron chi connectivity index (χ0n) is 18.6. The number of carbonyl (C=O) groups excluding carboxylic acids is 1. The number of carbonyl (C=O) groups is 1. The minimum Gasteiger partial charge on any atom is -0.362 e. The van der Waals surface area contributed by atoms with E-state index in [1.807, 2.05) is 23.9 Å². The lowest BCUT2D eigenvalue weighted by Crippen LogP contribution is -2.40. The van der Waals surface area contributed by atoms with Gasteiger partial charge in [0.2, 0.25) is 5.91 Å². The van der Waals surface area contributed by atoms with Crippen LogP contribution in [-0.4, -0.2) is 36.4 Å². The molecule has 1 aromatic heterocycles. The molecule has 0 saturated heterocycles. The van der Waals surface area contributed by atoms with Crippen LogP contribution >= 0.6 is 0 Å². The maximum atomic E-state index is 13.3. The number of rotatable bonds is 7. The molecule has 0 spiro atoms. The van der Waals surface area contributed by atoms with Gasteiger partial charge in [0.1, 0.15) is 11.6 Å². The molecule has 4 rings (SSSR count). The largest absolute Gasteiger partial charge is 0.362 e. The van der Waals surface area contributed by atoms with Crippen molar-refractivity contribution in [2.24, 2.45) is 5.92 Å². The number of aryl methyl sites for hydroxylation is 1. The Labute approximate surface area is 183 Å². The SMILES string of the molecule is Cc1ccc2cc(CN(CCc3ccc(F)cc3)C(=O)C3CCC3)c(N(C)C)nc2c1. The van der Waals surface area contributed by atoms with E-state index in [-0.39, 0.29) is 17.6 Å². The van der Waals surface area contributed by atoms with Gasteiger partial charge in [-0.3, -0.25) is 4.79 Å². The Hall–Kier alpha value is -2.95. The minimum absolute atomic E-state index is 0.132. The fraction of sp³-hybridized carbons (Fsp3) is 0.385. The Bertz CT molecular complexity index is 1070. The first-order valence-corrected chi connectivity index (χ1v) is 11.0. The van der Waals surface area contributed by atoms with Gasteiger partial charge >= 0.3 is 0 Å². The third-order valence-electron chi connectivity index (χ3n) is 6.16. The first kappa shape index (κ1) is 21.3. The molecule has 3 aromatic rings. The summed E-state index contributed by atoms with van der Waals surface area (Å²) in [5.41, 5.74) is 4.23. The second kappa shape index (κ2) is 9.04. The van der Waals surface area contributed by atoms with Crippen molar-refractivity contribution in [2.45, 2.75) is 39.2 Å². The third-order valence-corrected chi connectivity index (χ3v) is 6.16. The lowest BCUT2D eigenvalue weighted by Gasteiger charge is -2.32. The van der Waals surface area contributed by atoms with Gasteiger partial charge in [-0.2, -0.15) is 0 Å². The van der Waals surface area contributed by atoms with E-state index in [1.54, 1.807) is 12.1 Å². The fourth-order valence-electron chi connectivity index (χ4n) is 4.12. The highest BCUT2D eigenvalue weighted by Gasteiger charge is 2.30. The molecule has 0 bridgehead atoms. The van der Waals surface area contributed by atoms with Crippen LogP contribution in [0.2, 0.25) is 0 Å². The van der Waals surface area contributed by atoms with E-state index in [2.05, 4.69) is 31.2 Å². The molecule has 5 heteroatoms. The predicted octanol–water partition coefficient (Wildman–Crippen LogP) is 5.12. The van der Waals surface area contributed by atoms with Gasteiger partial charge in [0.05, 0.1) is 5.52 Å². The van der Waals surface area contributed by atoms with Gasteiger partial charge in [-0.1, -0.05) is 30.7 Å². The molecular formula is C26H30FN3O. The average molecular weight is 420 g/mol. The Kier molecular flexibility index (Phi) is 6.21. The van der Waals surface area contributed by atoms with E-state index < -0.39 is 0 Å². The minimum atomic E-state index is -0.237. The van der Waals surface area contributed by atoms with Crippen LogP contribution in [0, 0.1) is 18.7 Å². The Morgan fingerprint density at radius 1 is 1.10 bits per heavy atom. The molecule has 2 aromatic carbocycles. The second-order valence-electron chi connectivity index (χ2n) is 8.83. The fourth-order valence-corrected chi connectivity index (χ4v) is 4.12. The highest BCUT2D eigenvalue weighted by Crippen LogP contribution is 2.30. The van der Waals surface area contributed by atoms with Crippen LogP contribution in [0.3, 0.4) is 0 Å². The predicted molar refractivity (Wildman–Crippen MR) is 124 cm³/mol. The summed E-state index contributed by atoms with van der Waals surface area (Å²) in [6, 6.07) is 15.0. The zero-order chi connectivity index (χ0) is 22.0. The van der Waals surface area contributed by atoms with E-state index in [1.165, 1.54) is 17.7 Å². The molecule has 162 valence electrons. The van der Waals surface area contributed by atoms with Crippen LogP contribution in [-0.2, 0) is 17.8 Å². The molecule has 0 radical (unpaired) electrons. The highest BCUT2D eigenvalue weighted by molar-refractivity contribution is 5.83. The van der Waals surface area contributed by atoms with E-state index >= 15 is 0 Å². The monoisotopic (exact) mass is 419 g/mol. The van der Waals surface area contributed by atoms with Crippen LogP contribution in [0.5, 0.6) is 0 Å². The second-order valence-corrected chi connectivity index (χ2v) is 8.83. The van der Waals surface area contributed by atoms with Gasteiger partial charge in [-0.15, -0.1) is 0 Å². The Balaban J connectivity index is 1.62. The normalized spacial score (nSPS) is 13.8. The molecule has 1 saturated carbocycles. The van der Waals surface area contributed by atoms with Crippen LogP contribution < -0.4 is 4.90 Å². The van der Waals surface area contributed by atoms with Crippen molar-refractivity contribution in [1.29, 1.82) is 0 Å². The van der Waals surface area contributed by atoms with E-state index in [9.17, 15) is 9.18 Å². The molecule has 1 amide bonds. The summed E-state index contributed by atoms with van der Waals surface area (Å²) in [6.45, 7) is 3.21. The summed E-state index contributed by atoms with van der Waals surface area (Å²) in [5.74, 6) is 1.01. The van der Waals surface area contributed by atoms with Crippen LogP contribution in [0.15, 0.2) is 48.5 Å². The summed E-state index contributed by atoms with van der Waals surface area (Å²) >= 11 is 0. The first-order chi connectivity index (χ1) is 14.9. The number of halogens is 1. The summed E-state index contributed by atoms with van der Waals surface area (Å²) in [4.78, 5) is 22.1. The molecule has 0 N–H and O–H groups in total. The van der Waals surface area contributed by atoms with Gasteiger partial charge in [-0.25, -0.2) is 9.37 Å². The van der Waals surface area contributed by atoms with Crippen LogP contribution in [0.25, 0.3) is 10.9 Å². The molecule has 1 aliphatic rings. The quantitative estimate of drug-likeness (QED) is 0.533. The molecular weight excluding hydrogens is 389 g/mol. The van der Waals surface area contributed by atoms with Crippen molar-refractivity contribution in [3.8, 4) is 0 Å². The number of pyridine rings is 1. The molecule has 1 fully saturated rings. The number of hydrogen-bond donors (Lipinski definition) is 0.